The summed E-state index contributed by atoms with van der Waals surface area (Å²) in [6.07, 6.45) is 6.10. The number of hydrogen-bond donors (Lipinski definition) is 1. The minimum absolute atomic E-state index is 0.0966. The van der Waals surface area contributed by atoms with Crippen molar-refractivity contribution in [2.45, 2.75) is 31.3 Å². The van der Waals surface area contributed by atoms with Crippen molar-refractivity contribution in [3.05, 3.63) is 29.6 Å². The van der Waals surface area contributed by atoms with E-state index in [-0.39, 0.29) is 18.4 Å². The molecule has 1 aromatic heterocycles. The van der Waals surface area contributed by atoms with Crippen LogP contribution in [0.3, 0.4) is 0 Å². The zero-order valence-electron chi connectivity index (χ0n) is 9.93. The van der Waals surface area contributed by atoms with Crippen LogP contribution in [0.25, 0.3) is 0 Å². The second-order valence-electron chi connectivity index (χ2n) is 5.05. The highest BCUT2D eigenvalue weighted by molar-refractivity contribution is 6.21. The number of pyridine rings is 1. The first-order valence-corrected chi connectivity index (χ1v) is 6.13. The van der Waals surface area contributed by atoms with Crippen molar-refractivity contribution in [2.24, 2.45) is 0 Å². The summed E-state index contributed by atoms with van der Waals surface area (Å²) >= 11 is 0. The van der Waals surface area contributed by atoms with Crippen LogP contribution < -0.4 is 0 Å². The molecule has 94 valence electrons. The summed E-state index contributed by atoms with van der Waals surface area (Å²) in [7, 11) is 0. The van der Waals surface area contributed by atoms with Crippen LogP contribution in [-0.4, -0.2) is 39.0 Å². The van der Waals surface area contributed by atoms with Crippen LogP contribution in [-0.2, 0) is 0 Å². The van der Waals surface area contributed by atoms with Gasteiger partial charge in [0, 0.05) is 12.4 Å². The molecule has 0 radical (unpaired) electrons. The van der Waals surface area contributed by atoms with Gasteiger partial charge in [-0.3, -0.25) is 19.5 Å². The Balaban J connectivity index is 1.88. The van der Waals surface area contributed by atoms with Crippen molar-refractivity contribution in [1.82, 2.24) is 9.88 Å². The van der Waals surface area contributed by atoms with E-state index in [1.165, 1.54) is 12.4 Å². The van der Waals surface area contributed by atoms with E-state index in [0.717, 1.165) is 17.7 Å². The Morgan fingerprint density at radius 3 is 2.56 bits per heavy atom. The molecule has 0 unspecified atom stereocenters. The van der Waals surface area contributed by atoms with Gasteiger partial charge in [0.05, 0.1) is 23.3 Å². The van der Waals surface area contributed by atoms with Gasteiger partial charge in [0.2, 0.25) is 0 Å². The molecule has 0 atom stereocenters. The number of β-amino-alcohol motifs (C(OH)–C–C–N with tert-alkyl or cyclic N) is 1. The standard InChI is InChI=1S/C13H14N2O3/c16-11-9-3-6-14-7-10(9)12(17)15(11)8-13(18)4-1-2-5-13/h3,6-7,18H,1-2,4-5,8H2. The van der Waals surface area contributed by atoms with Crippen LogP contribution in [0.5, 0.6) is 0 Å². The summed E-state index contributed by atoms with van der Waals surface area (Å²) < 4.78 is 0. The lowest BCUT2D eigenvalue weighted by Gasteiger charge is -2.27. The van der Waals surface area contributed by atoms with Crippen molar-refractivity contribution < 1.29 is 14.7 Å². The van der Waals surface area contributed by atoms with Gasteiger partial charge in [-0.05, 0) is 18.9 Å². The van der Waals surface area contributed by atoms with Gasteiger partial charge in [0.25, 0.3) is 11.8 Å². The third kappa shape index (κ3) is 1.62. The van der Waals surface area contributed by atoms with Gasteiger partial charge in [-0.1, -0.05) is 12.8 Å². The Hall–Kier alpha value is -1.75. The first kappa shape index (κ1) is 11.3. The monoisotopic (exact) mass is 246 g/mol. The van der Waals surface area contributed by atoms with Gasteiger partial charge in [-0.2, -0.15) is 0 Å². The zero-order valence-corrected chi connectivity index (χ0v) is 9.93. The number of nitrogens with zero attached hydrogens (tertiary/aromatic N) is 2. The van der Waals surface area contributed by atoms with E-state index in [0.29, 0.717) is 24.0 Å². The molecule has 1 N–H and O–H groups in total. The summed E-state index contributed by atoms with van der Waals surface area (Å²) in [5, 5.41) is 10.3. The van der Waals surface area contributed by atoms with E-state index in [2.05, 4.69) is 4.98 Å². The van der Waals surface area contributed by atoms with Gasteiger partial charge >= 0.3 is 0 Å². The molecule has 0 aromatic carbocycles. The predicted molar refractivity (Wildman–Crippen MR) is 63.0 cm³/mol. The third-order valence-electron chi connectivity index (χ3n) is 3.76. The first-order chi connectivity index (χ1) is 8.61. The minimum Gasteiger partial charge on any atom is -0.388 e. The average molecular weight is 246 g/mol. The fourth-order valence-electron chi connectivity index (χ4n) is 2.76. The van der Waals surface area contributed by atoms with Crippen molar-refractivity contribution in [3.8, 4) is 0 Å². The van der Waals surface area contributed by atoms with Gasteiger partial charge in [0.1, 0.15) is 0 Å². The quantitative estimate of drug-likeness (QED) is 0.790. The van der Waals surface area contributed by atoms with E-state index in [1.54, 1.807) is 6.07 Å². The molecule has 1 aliphatic heterocycles. The maximum atomic E-state index is 12.1. The summed E-state index contributed by atoms with van der Waals surface area (Å²) in [5.41, 5.74) is -0.179. The molecule has 0 spiro atoms. The highest BCUT2D eigenvalue weighted by atomic mass is 16.3. The number of carbonyl (C=O) groups is 2. The van der Waals surface area contributed by atoms with Gasteiger partial charge in [-0.15, -0.1) is 0 Å². The van der Waals surface area contributed by atoms with Crippen molar-refractivity contribution in [1.29, 1.82) is 0 Å². The van der Waals surface area contributed by atoms with Gasteiger partial charge in [-0.25, -0.2) is 0 Å². The second kappa shape index (κ2) is 3.88. The molecule has 5 heteroatoms. The Kier molecular flexibility index (Phi) is 2.45. The van der Waals surface area contributed by atoms with Crippen molar-refractivity contribution >= 4 is 11.8 Å². The Morgan fingerprint density at radius 2 is 1.89 bits per heavy atom. The lowest BCUT2D eigenvalue weighted by atomic mass is 10.0. The van der Waals surface area contributed by atoms with Crippen LogP contribution in [0.15, 0.2) is 18.5 Å². The average Bonchev–Trinajstić information content (AvgIpc) is 2.89. The van der Waals surface area contributed by atoms with Crippen molar-refractivity contribution in [2.75, 3.05) is 6.54 Å². The maximum absolute atomic E-state index is 12.1. The minimum atomic E-state index is -0.902. The second-order valence-corrected chi connectivity index (χ2v) is 5.05. The number of amides is 2. The van der Waals surface area contributed by atoms with E-state index in [9.17, 15) is 14.7 Å². The SMILES string of the molecule is O=C1c2ccncc2C(=O)N1CC1(O)CCCC1. The zero-order chi connectivity index (χ0) is 12.8. The normalized spacial score (nSPS) is 21.5. The lowest BCUT2D eigenvalue weighted by Crippen LogP contribution is -2.43. The smallest absolute Gasteiger partial charge is 0.263 e. The molecule has 2 heterocycles. The number of carbonyl (C=O) groups excluding carboxylic acids is 2. The Labute approximate surface area is 104 Å². The van der Waals surface area contributed by atoms with E-state index in [4.69, 9.17) is 0 Å². The van der Waals surface area contributed by atoms with Crippen LogP contribution in [0, 0.1) is 0 Å². The van der Waals surface area contributed by atoms with Crippen LogP contribution in [0.4, 0.5) is 0 Å². The highest BCUT2D eigenvalue weighted by Crippen LogP contribution is 2.32. The maximum Gasteiger partial charge on any atom is 0.263 e. The van der Waals surface area contributed by atoms with E-state index in [1.807, 2.05) is 0 Å². The van der Waals surface area contributed by atoms with Crippen molar-refractivity contribution in [3.63, 3.8) is 0 Å². The number of hydrogen-bond acceptors (Lipinski definition) is 4. The highest BCUT2D eigenvalue weighted by Gasteiger charge is 2.42. The molecule has 2 amide bonds. The molecule has 2 aliphatic rings. The number of aliphatic hydroxyl groups is 1. The fourth-order valence-corrected chi connectivity index (χ4v) is 2.76. The molecule has 1 fully saturated rings. The first-order valence-electron chi connectivity index (χ1n) is 6.13. The summed E-state index contributed by atoms with van der Waals surface area (Å²) in [5.74, 6) is -0.666. The fraction of sp³-hybridized carbons (Fsp3) is 0.462. The molecule has 5 nitrogen and oxygen atoms in total. The third-order valence-corrected chi connectivity index (χ3v) is 3.76. The molecule has 0 saturated heterocycles. The molecule has 1 aliphatic carbocycles. The van der Waals surface area contributed by atoms with E-state index >= 15 is 0 Å². The van der Waals surface area contributed by atoms with Gasteiger partial charge in [0.15, 0.2) is 0 Å². The van der Waals surface area contributed by atoms with E-state index < -0.39 is 5.60 Å². The number of fused-ring (bicyclic) bond motifs is 1. The predicted octanol–water partition coefficient (Wildman–Crippen LogP) is 0.983. The summed E-state index contributed by atoms with van der Waals surface area (Å²) in [4.78, 5) is 29.2. The number of aromatic nitrogens is 1. The van der Waals surface area contributed by atoms with Crippen LogP contribution in [0.1, 0.15) is 46.4 Å². The van der Waals surface area contributed by atoms with Gasteiger partial charge < -0.3 is 5.11 Å². The largest absolute Gasteiger partial charge is 0.388 e. The summed E-state index contributed by atoms with van der Waals surface area (Å²) in [6.45, 7) is 0.0966. The summed E-state index contributed by atoms with van der Waals surface area (Å²) in [6, 6.07) is 1.55. The number of imide groups is 1. The Morgan fingerprint density at radius 1 is 1.22 bits per heavy atom. The molecule has 3 rings (SSSR count). The number of rotatable bonds is 2. The molecular formula is C13H14N2O3. The molecule has 0 bridgehead atoms. The van der Waals surface area contributed by atoms with Crippen LogP contribution in [0.2, 0.25) is 0 Å². The molecule has 1 aromatic rings. The van der Waals surface area contributed by atoms with Crippen LogP contribution >= 0.6 is 0 Å². The Bertz CT molecular complexity index is 486. The molecule has 1 saturated carbocycles. The molecular weight excluding hydrogens is 232 g/mol. The molecule has 18 heavy (non-hydrogen) atoms. The topological polar surface area (TPSA) is 70.5 Å². The lowest BCUT2D eigenvalue weighted by molar-refractivity contribution is 0.0124.